The van der Waals surface area contributed by atoms with Gasteiger partial charge in [-0.1, -0.05) is 0 Å². The summed E-state index contributed by atoms with van der Waals surface area (Å²) in [5, 5.41) is -0.111. The van der Waals surface area contributed by atoms with Crippen LogP contribution in [0.25, 0.3) is 0 Å². The molecule has 0 spiro atoms. The van der Waals surface area contributed by atoms with Crippen LogP contribution in [-0.4, -0.2) is 18.4 Å². The largest absolute Gasteiger partial charge is 0.398 e. The summed E-state index contributed by atoms with van der Waals surface area (Å²) >= 11 is 5.55. The lowest BCUT2D eigenvalue weighted by molar-refractivity contribution is 0.593. The minimum atomic E-state index is -4.01. The van der Waals surface area contributed by atoms with Gasteiger partial charge in [0, 0.05) is 17.4 Å². The molecule has 3 N–H and O–H groups in total. The predicted octanol–water partition coefficient (Wildman–Crippen LogP) is 1.96. The van der Waals surface area contributed by atoms with Gasteiger partial charge in [0.2, 0.25) is 5.28 Å². The number of anilines is 2. The SMILES string of the molecule is Cc1c(N)cc(S(=O)(=O)Nc2ccnc(Cl)n2)cc1F. The first kappa shape index (κ1) is 14.5. The van der Waals surface area contributed by atoms with Crippen molar-refractivity contribution in [3.8, 4) is 0 Å². The third-order valence-corrected chi connectivity index (χ3v) is 4.05. The average Bonchev–Trinajstić information content (AvgIpc) is 2.34. The molecule has 0 saturated heterocycles. The van der Waals surface area contributed by atoms with Gasteiger partial charge in [-0.15, -0.1) is 0 Å². The first-order chi connectivity index (χ1) is 9.29. The molecule has 0 amide bonds. The zero-order valence-electron chi connectivity index (χ0n) is 10.3. The standard InChI is InChI=1S/C11H10ClFN4O2S/c1-6-8(13)4-7(5-9(6)14)20(18,19)17-10-2-3-15-11(12)16-10/h2-5H,14H2,1H3,(H,15,16,17). The summed E-state index contributed by atoms with van der Waals surface area (Å²) in [6.45, 7) is 1.46. The van der Waals surface area contributed by atoms with E-state index in [0.717, 1.165) is 6.07 Å². The molecule has 9 heteroatoms. The second-order valence-corrected chi connectivity index (χ2v) is 5.96. The van der Waals surface area contributed by atoms with Gasteiger partial charge in [-0.05, 0) is 36.7 Å². The maximum atomic E-state index is 13.6. The zero-order valence-corrected chi connectivity index (χ0v) is 11.8. The Bertz CT molecular complexity index is 744. The van der Waals surface area contributed by atoms with Crippen LogP contribution in [0.1, 0.15) is 5.56 Å². The van der Waals surface area contributed by atoms with Crippen LogP contribution in [0.4, 0.5) is 15.9 Å². The first-order valence-electron chi connectivity index (χ1n) is 5.36. The van der Waals surface area contributed by atoms with E-state index in [-0.39, 0.29) is 27.2 Å². The molecule has 0 aliphatic rings. The lowest BCUT2D eigenvalue weighted by Crippen LogP contribution is -2.15. The number of hydrogen-bond donors (Lipinski definition) is 2. The number of aromatic nitrogens is 2. The van der Waals surface area contributed by atoms with E-state index < -0.39 is 15.8 Å². The molecule has 20 heavy (non-hydrogen) atoms. The normalized spacial score (nSPS) is 11.3. The summed E-state index contributed by atoms with van der Waals surface area (Å²) in [5.74, 6) is -0.726. The number of hydrogen-bond acceptors (Lipinski definition) is 5. The Labute approximate surface area is 119 Å². The number of rotatable bonds is 3. The van der Waals surface area contributed by atoms with Gasteiger partial charge >= 0.3 is 0 Å². The molecular weight excluding hydrogens is 307 g/mol. The third kappa shape index (κ3) is 2.97. The molecule has 0 atom stereocenters. The molecule has 6 nitrogen and oxygen atoms in total. The van der Waals surface area contributed by atoms with Gasteiger partial charge in [-0.2, -0.15) is 4.98 Å². The predicted molar refractivity (Wildman–Crippen MR) is 73.4 cm³/mol. The van der Waals surface area contributed by atoms with Crippen LogP contribution in [0.2, 0.25) is 5.28 Å². The number of nitrogens with two attached hydrogens (primary N) is 1. The highest BCUT2D eigenvalue weighted by Gasteiger charge is 2.18. The molecule has 0 fully saturated rings. The molecule has 0 bridgehead atoms. The second-order valence-electron chi connectivity index (χ2n) is 3.94. The number of sulfonamides is 1. The van der Waals surface area contributed by atoms with E-state index in [1.165, 1.54) is 25.3 Å². The molecule has 0 aliphatic heterocycles. The molecule has 0 saturated carbocycles. The fourth-order valence-corrected chi connectivity index (χ4v) is 2.61. The Kier molecular flexibility index (Phi) is 3.78. The van der Waals surface area contributed by atoms with Crippen molar-refractivity contribution in [3.05, 3.63) is 41.1 Å². The quantitative estimate of drug-likeness (QED) is 0.666. The maximum Gasteiger partial charge on any atom is 0.263 e. The molecule has 1 heterocycles. The third-order valence-electron chi connectivity index (χ3n) is 2.53. The smallest absolute Gasteiger partial charge is 0.263 e. The van der Waals surface area contributed by atoms with E-state index in [1.807, 2.05) is 0 Å². The highest BCUT2D eigenvalue weighted by atomic mass is 35.5. The van der Waals surface area contributed by atoms with Crippen molar-refractivity contribution in [2.75, 3.05) is 10.5 Å². The Hall–Kier alpha value is -1.93. The molecule has 0 unspecified atom stereocenters. The van der Waals surface area contributed by atoms with Crippen molar-refractivity contribution in [1.29, 1.82) is 0 Å². The van der Waals surface area contributed by atoms with Gasteiger partial charge in [0.25, 0.3) is 10.0 Å². The summed E-state index contributed by atoms with van der Waals surface area (Å²) in [7, 11) is -4.01. The van der Waals surface area contributed by atoms with Gasteiger partial charge in [0.05, 0.1) is 4.90 Å². The first-order valence-corrected chi connectivity index (χ1v) is 7.23. The summed E-state index contributed by atoms with van der Waals surface area (Å²) in [4.78, 5) is 7.01. The highest BCUT2D eigenvalue weighted by molar-refractivity contribution is 7.92. The summed E-state index contributed by atoms with van der Waals surface area (Å²) in [6, 6.07) is 3.37. The Morgan fingerprint density at radius 3 is 2.70 bits per heavy atom. The zero-order chi connectivity index (χ0) is 14.9. The molecule has 2 aromatic rings. The van der Waals surface area contributed by atoms with Crippen molar-refractivity contribution in [3.63, 3.8) is 0 Å². The number of nitrogen functional groups attached to an aromatic ring is 1. The molecule has 2 rings (SSSR count). The fraction of sp³-hybridized carbons (Fsp3) is 0.0909. The summed E-state index contributed by atoms with van der Waals surface area (Å²) in [6.07, 6.45) is 1.29. The van der Waals surface area contributed by atoms with Crippen LogP contribution in [0.3, 0.4) is 0 Å². The lowest BCUT2D eigenvalue weighted by Gasteiger charge is -2.09. The highest BCUT2D eigenvalue weighted by Crippen LogP contribution is 2.22. The van der Waals surface area contributed by atoms with E-state index >= 15 is 0 Å². The van der Waals surface area contributed by atoms with E-state index in [2.05, 4.69) is 14.7 Å². The molecular formula is C11H10ClFN4O2S. The van der Waals surface area contributed by atoms with Crippen LogP contribution in [0.5, 0.6) is 0 Å². The number of nitrogens with one attached hydrogen (secondary N) is 1. The molecule has 1 aromatic heterocycles. The van der Waals surface area contributed by atoms with E-state index in [4.69, 9.17) is 17.3 Å². The van der Waals surface area contributed by atoms with Crippen LogP contribution in [0, 0.1) is 12.7 Å². The summed E-state index contributed by atoms with van der Waals surface area (Å²) in [5.41, 5.74) is 5.79. The van der Waals surface area contributed by atoms with Crippen molar-refractivity contribution >= 4 is 33.1 Å². The Morgan fingerprint density at radius 1 is 1.40 bits per heavy atom. The van der Waals surface area contributed by atoms with Crippen LogP contribution < -0.4 is 10.5 Å². The van der Waals surface area contributed by atoms with Crippen molar-refractivity contribution < 1.29 is 12.8 Å². The molecule has 0 aliphatic carbocycles. The number of nitrogens with zero attached hydrogens (tertiary/aromatic N) is 2. The van der Waals surface area contributed by atoms with Crippen molar-refractivity contribution in [1.82, 2.24) is 9.97 Å². The van der Waals surface area contributed by atoms with Crippen LogP contribution >= 0.6 is 11.6 Å². The molecule has 106 valence electrons. The van der Waals surface area contributed by atoms with E-state index in [0.29, 0.717) is 0 Å². The maximum absolute atomic E-state index is 13.6. The monoisotopic (exact) mass is 316 g/mol. The second kappa shape index (κ2) is 5.22. The van der Waals surface area contributed by atoms with Gasteiger partial charge in [0.1, 0.15) is 11.6 Å². The van der Waals surface area contributed by atoms with Gasteiger partial charge in [-0.3, -0.25) is 4.72 Å². The van der Waals surface area contributed by atoms with Gasteiger partial charge in [0.15, 0.2) is 0 Å². The minimum Gasteiger partial charge on any atom is -0.398 e. The minimum absolute atomic E-state index is 0.0236. The van der Waals surface area contributed by atoms with Crippen molar-refractivity contribution in [2.24, 2.45) is 0 Å². The Balaban J connectivity index is 2.41. The molecule has 1 aromatic carbocycles. The lowest BCUT2D eigenvalue weighted by atomic mass is 10.2. The van der Waals surface area contributed by atoms with Crippen LogP contribution in [0.15, 0.2) is 29.3 Å². The Morgan fingerprint density at radius 2 is 2.10 bits per heavy atom. The van der Waals surface area contributed by atoms with Gasteiger partial charge < -0.3 is 5.73 Å². The van der Waals surface area contributed by atoms with Gasteiger partial charge in [-0.25, -0.2) is 17.8 Å². The fourth-order valence-electron chi connectivity index (χ4n) is 1.42. The van der Waals surface area contributed by atoms with E-state index in [9.17, 15) is 12.8 Å². The average molecular weight is 317 g/mol. The number of benzene rings is 1. The number of halogens is 2. The van der Waals surface area contributed by atoms with E-state index in [1.54, 1.807) is 0 Å². The van der Waals surface area contributed by atoms with Crippen LogP contribution in [-0.2, 0) is 10.0 Å². The van der Waals surface area contributed by atoms with Crippen molar-refractivity contribution in [2.45, 2.75) is 11.8 Å². The summed E-state index contributed by atoms with van der Waals surface area (Å²) < 4.78 is 39.9. The molecule has 0 radical (unpaired) electrons. The topological polar surface area (TPSA) is 98.0 Å².